The molecule has 1 amide bonds. The number of carbonyl (C=O) groups is 2. The number of ether oxygens (including phenoxy) is 1. The summed E-state index contributed by atoms with van der Waals surface area (Å²) >= 11 is 0. The minimum atomic E-state index is -0.850. The van der Waals surface area contributed by atoms with Crippen LogP contribution in [0.3, 0.4) is 0 Å². The van der Waals surface area contributed by atoms with E-state index in [2.05, 4.69) is 19.2 Å². The molecule has 2 unspecified atom stereocenters. The van der Waals surface area contributed by atoms with Crippen molar-refractivity contribution in [1.29, 1.82) is 0 Å². The summed E-state index contributed by atoms with van der Waals surface area (Å²) in [5.74, 6) is -0.0756. The lowest BCUT2D eigenvalue weighted by molar-refractivity contribution is -0.143. The second-order valence-corrected chi connectivity index (χ2v) is 19.6. The van der Waals surface area contributed by atoms with Crippen molar-refractivity contribution in [3.05, 3.63) is 12.2 Å². The van der Waals surface area contributed by atoms with Crippen molar-refractivity contribution in [3.63, 3.8) is 0 Å². The fourth-order valence-electron chi connectivity index (χ4n) is 8.93. The predicted molar refractivity (Wildman–Crippen MR) is 273 cm³/mol. The number of amides is 1. The maximum atomic E-state index is 12.5. The van der Waals surface area contributed by atoms with Crippen molar-refractivity contribution in [2.45, 2.75) is 328 Å². The van der Waals surface area contributed by atoms with Crippen LogP contribution in [0.2, 0.25) is 0 Å². The van der Waals surface area contributed by atoms with Gasteiger partial charge in [0.1, 0.15) is 0 Å². The predicted octanol–water partition coefficient (Wildman–Crippen LogP) is 17.3. The number of hydrogen-bond donors (Lipinski definition) is 3. The van der Waals surface area contributed by atoms with Crippen molar-refractivity contribution in [1.82, 2.24) is 5.32 Å². The van der Waals surface area contributed by atoms with Crippen molar-refractivity contribution < 1.29 is 24.5 Å². The van der Waals surface area contributed by atoms with Crippen LogP contribution in [0.4, 0.5) is 0 Å². The molecule has 374 valence electrons. The van der Waals surface area contributed by atoms with E-state index in [1.807, 2.05) is 6.08 Å². The molecule has 0 radical (unpaired) electrons. The summed E-state index contributed by atoms with van der Waals surface area (Å²) in [4.78, 5) is 24.5. The number of hydrogen-bond acceptors (Lipinski definition) is 5. The molecule has 2 atom stereocenters. The number of carbonyl (C=O) groups excluding carboxylic acids is 2. The number of aliphatic hydroxyl groups is 2. The van der Waals surface area contributed by atoms with Crippen LogP contribution in [0, 0.1) is 0 Å². The first kappa shape index (κ1) is 61.6. The van der Waals surface area contributed by atoms with Gasteiger partial charge in [0.05, 0.1) is 25.4 Å². The van der Waals surface area contributed by atoms with Crippen LogP contribution in [-0.4, -0.2) is 47.4 Å². The molecule has 0 heterocycles. The largest absolute Gasteiger partial charge is 0.466 e. The summed E-state index contributed by atoms with van der Waals surface area (Å²) in [5, 5.41) is 23.1. The molecule has 6 nitrogen and oxygen atoms in total. The molecule has 0 aromatic rings. The van der Waals surface area contributed by atoms with E-state index in [1.165, 1.54) is 231 Å². The molecule has 0 aliphatic heterocycles. The lowest BCUT2D eigenvalue weighted by Gasteiger charge is -2.20. The lowest BCUT2D eigenvalue weighted by Crippen LogP contribution is -2.45. The Kier molecular flexibility index (Phi) is 52.0. The van der Waals surface area contributed by atoms with Gasteiger partial charge in [-0.25, -0.2) is 0 Å². The Morgan fingerprint density at radius 1 is 0.429 bits per heavy atom. The molecule has 0 aromatic carbocycles. The minimum Gasteiger partial charge on any atom is -0.466 e. The first-order valence-corrected chi connectivity index (χ1v) is 28.5. The zero-order chi connectivity index (χ0) is 45.8. The summed E-state index contributed by atoms with van der Waals surface area (Å²) in [5.41, 5.74) is 0. The smallest absolute Gasteiger partial charge is 0.305 e. The second kappa shape index (κ2) is 53.2. The van der Waals surface area contributed by atoms with Crippen molar-refractivity contribution >= 4 is 11.9 Å². The monoisotopic (exact) mass is 890 g/mol. The quantitative estimate of drug-likeness (QED) is 0.0321. The van der Waals surface area contributed by atoms with Crippen molar-refractivity contribution in [2.24, 2.45) is 0 Å². The highest BCUT2D eigenvalue weighted by atomic mass is 16.5. The van der Waals surface area contributed by atoms with Crippen molar-refractivity contribution in [3.8, 4) is 0 Å². The highest BCUT2D eigenvalue weighted by Crippen LogP contribution is 2.17. The molecule has 0 rings (SSSR count). The Morgan fingerprint density at radius 2 is 0.730 bits per heavy atom. The van der Waals surface area contributed by atoms with Crippen LogP contribution in [0.1, 0.15) is 316 Å². The van der Waals surface area contributed by atoms with E-state index in [0.717, 1.165) is 57.8 Å². The maximum absolute atomic E-state index is 12.5. The van der Waals surface area contributed by atoms with Crippen LogP contribution in [0.15, 0.2) is 12.2 Å². The zero-order valence-electron chi connectivity index (χ0n) is 42.6. The fraction of sp³-hybridized carbons (Fsp3) is 0.930. The molecule has 0 bridgehead atoms. The summed E-state index contributed by atoms with van der Waals surface area (Å²) in [6.07, 6.45) is 62.2. The zero-order valence-corrected chi connectivity index (χ0v) is 42.6. The van der Waals surface area contributed by atoms with Gasteiger partial charge in [0, 0.05) is 12.8 Å². The third kappa shape index (κ3) is 49.9. The van der Waals surface area contributed by atoms with Gasteiger partial charge in [0.2, 0.25) is 5.91 Å². The van der Waals surface area contributed by atoms with E-state index in [4.69, 9.17) is 4.74 Å². The molecule has 0 aliphatic rings. The van der Waals surface area contributed by atoms with E-state index in [0.29, 0.717) is 19.4 Å². The molecule has 0 saturated carbocycles. The number of nitrogens with one attached hydrogen (secondary N) is 1. The minimum absolute atomic E-state index is 0.000529. The summed E-state index contributed by atoms with van der Waals surface area (Å²) in [6.45, 7) is 4.90. The maximum Gasteiger partial charge on any atom is 0.305 e. The Hall–Kier alpha value is -1.40. The fourth-order valence-corrected chi connectivity index (χ4v) is 8.93. The first-order chi connectivity index (χ1) is 31.0. The second-order valence-electron chi connectivity index (χ2n) is 19.6. The SMILES string of the molecule is CCCCCCCCCCCCCCCC/C=C/C(O)C(CO)NC(=O)CCCCCCCCCCCCCCCCOC(=O)CCCCCCCCCCCCCCCCCC. The van der Waals surface area contributed by atoms with Gasteiger partial charge in [0.15, 0.2) is 0 Å². The highest BCUT2D eigenvalue weighted by Gasteiger charge is 2.18. The van der Waals surface area contributed by atoms with Gasteiger partial charge in [0.25, 0.3) is 0 Å². The van der Waals surface area contributed by atoms with Gasteiger partial charge in [-0.05, 0) is 32.1 Å². The standard InChI is InChI=1S/C57H111NO5/c1-3-5-7-9-11-13-15-17-19-21-25-29-33-37-41-45-49-55(60)54(53-59)58-56(61)50-46-42-38-34-30-26-23-24-28-32-36-40-44-48-52-63-57(62)51-47-43-39-35-31-27-22-20-18-16-14-12-10-8-6-4-2/h45,49,54-55,59-60H,3-44,46-48,50-53H2,1-2H3,(H,58,61)/b49-45+. The van der Waals surface area contributed by atoms with Gasteiger partial charge in [-0.15, -0.1) is 0 Å². The Morgan fingerprint density at radius 3 is 1.08 bits per heavy atom. The number of esters is 1. The third-order valence-electron chi connectivity index (χ3n) is 13.3. The van der Waals surface area contributed by atoms with Crippen LogP contribution in [0.25, 0.3) is 0 Å². The van der Waals surface area contributed by atoms with E-state index >= 15 is 0 Å². The summed E-state index contributed by atoms with van der Waals surface area (Å²) in [6, 6.07) is -0.634. The van der Waals surface area contributed by atoms with E-state index in [9.17, 15) is 19.8 Å². The van der Waals surface area contributed by atoms with Gasteiger partial charge >= 0.3 is 5.97 Å². The summed E-state index contributed by atoms with van der Waals surface area (Å²) in [7, 11) is 0. The average Bonchev–Trinajstić information content (AvgIpc) is 3.28. The molecule has 0 fully saturated rings. The third-order valence-corrected chi connectivity index (χ3v) is 13.3. The van der Waals surface area contributed by atoms with Gasteiger partial charge < -0.3 is 20.3 Å². The molecular weight excluding hydrogens is 779 g/mol. The molecule has 0 aliphatic carbocycles. The average molecular weight is 891 g/mol. The van der Waals surface area contributed by atoms with E-state index < -0.39 is 12.1 Å². The number of aliphatic hydroxyl groups excluding tert-OH is 2. The van der Waals surface area contributed by atoms with Gasteiger partial charge in [-0.3, -0.25) is 9.59 Å². The molecule has 0 saturated heterocycles. The molecule has 0 aromatic heterocycles. The van der Waals surface area contributed by atoms with Crippen LogP contribution in [0.5, 0.6) is 0 Å². The Bertz CT molecular complexity index is 939. The van der Waals surface area contributed by atoms with Crippen LogP contribution in [-0.2, 0) is 14.3 Å². The molecule has 63 heavy (non-hydrogen) atoms. The topological polar surface area (TPSA) is 95.9 Å². The van der Waals surface area contributed by atoms with E-state index in [1.54, 1.807) is 6.08 Å². The number of unbranched alkanes of at least 4 members (excludes halogenated alkanes) is 42. The molecule has 3 N–H and O–H groups in total. The lowest BCUT2D eigenvalue weighted by atomic mass is 10.0. The molecule has 0 spiro atoms. The van der Waals surface area contributed by atoms with E-state index in [-0.39, 0.29) is 18.5 Å². The normalized spacial score (nSPS) is 12.6. The molecular formula is C57H111NO5. The molecule has 6 heteroatoms. The summed E-state index contributed by atoms with van der Waals surface area (Å²) < 4.78 is 5.48. The Labute approximate surface area is 393 Å². The first-order valence-electron chi connectivity index (χ1n) is 28.5. The van der Waals surface area contributed by atoms with Gasteiger partial charge in [-0.1, -0.05) is 283 Å². The van der Waals surface area contributed by atoms with Crippen LogP contribution >= 0.6 is 0 Å². The Balaban J connectivity index is 3.45. The van der Waals surface area contributed by atoms with Gasteiger partial charge in [-0.2, -0.15) is 0 Å². The van der Waals surface area contributed by atoms with Crippen LogP contribution < -0.4 is 5.32 Å². The number of allylic oxidation sites excluding steroid dienone is 1. The number of rotatable bonds is 53. The van der Waals surface area contributed by atoms with Crippen molar-refractivity contribution in [2.75, 3.05) is 13.2 Å². The highest BCUT2D eigenvalue weighted by molar-refractivity contribution is 5.76.